The Labute approximate surface area is 179 Å². The molecule has 0 spiro atoms. The topological polar surface area (TPSA) is 17.1 Å². The van der Waals surface area contributed by atoms with E-state index in [1.165, 1.54) is 25.7 Å². The van der Waals surface area contributed by atoms with Gasteiger partial charge >= 0.3 is 0 Å². The van der Waals surface area contributed by atoms with Crippen LogP contribution in [0.1, 0.15) is 92.9 Å². The van der Waals surface area contributed by atoms with Crippen molar-refractivity contribution in [3.63, 3.8) is 0 Å². The second kappa shape index (κ2) is 7.69. The fourth-order valence-electron chi connectivity index (χ4n) is 7.91. The van der Waals surface area contributed by atoms with Crippen LogP contribution < -0.4 is 0 Å². The highest BCUT2D eigenvalue weighted by Gasteiger charge is 2.57. The van der Waals surface area contributed by atoms with Crippen LogP contribution >= 0.6 is 0 Å². The lowest BCUT2D eigenvalue weighted by atomic mass is 9.48. The Morgan fingerprint density at radius 3 is 2.41 bits per heavy atom. The van der Waals surface area contributed by atoms with E-state index in [-0.39, 0.29) is 0 Å². The van der Waals surface area contributed by atoms with Crippen molar-refractivity contribution in [2.45, 2.75) is 92.9 Å². The summed E-state index contributed by atoms with van der Waals surface area (Å²) < 4.78 is 0. The number of carbonyl (C=O) groups is 1. The Morgan fingerprint density at radius 2 is 1.69 bits per heavy atom. The van der Waals surface area contributed by atoms with Crippen LogP contribution in [0.5, 0.6) is 0 Å². The molecule has 1 heteroatoms. The minimum Gasteiger partial charge on any atom is -0.300 e. The standard InChI is InChI=1S/C28H44O/c1-18(2)19(3)7-8-20(4)24-11-12-25-23-10-9-21-17-22(29)13-15-27(21,5)26(23)14-16-28(24,25)6/h7-8,10,18-21,24-26H,9,11-17H2,1-6H3/t19-,20+,21?,24+,25-,26-,27-,28+/m0/s1. The molecule has 1 unspecified atom stereocenters. The molecule has 3 fully saturated rings. The molecule has 0 amide bonds. The summed E-state index contributed by atoms with van der Waals surface area (Å²) in [6, 6.07) is 0. The fourth-order valence-corrected chi connectivity index (χ4v) is 7.91. The maximum Gasteiger partial charge on any atom is 0.133 e. The normalized spacial score (nSPS) is 44.2. The largest absolute Gasteiger partial charge is 0.300 e. The average molecular weight is 397 g/mol. The highest BCUT2D eigenvalue weighted by atomic mass is 16.1. The summed E-state index contributed by atoms with van der Waals surface area (Å²) in [6.07, 6.45) is 17.2. The van der Waals surface area contributed by atoms with Crippen LogP contribution in [-0.2, 0) is 4.79 Å². The van der Waals surface area contributed by atoms with Crippen LogP contribution in [0.15, 0.2) is 23.8 Å². The molecule has 0 aromatic rings. The molecule has 8 atom stereocenters. The third-order valence-corrected chi connectivity index (χ3v) is 10.4. The van der Waals surface area contributed by atoms with Crippen molar-refractivity contribution in [1.29, 1.82) is 0 Å². The molecule has 4 aliphatic carbocycles. The van der Waals surface area contributed by atoms with Gasteiger partial charge in [0, 0.05) is 12.8 Å². The molecule has 0 bridgehead atoms. The summed E-state index contributed by atoms with van der Waals surface area (Å²) in [7, 11) is 0. The van der Waals surface area contributed by atoms with Crippen LogP contribution in [0.4, 0.5) is 0 Å². The summed E-state index contributed by atoms with van der Waals surface area (Å²) in [6.45, 7) is 14.7. The minimum atomic E-state index is 0.385. The first kappa shape index (κ1) is 21.4. The Bertz CT molecular complexity index is 699. The van der Waals surface area contributed by atoms with Gasteiger partial charge in [0.1, 0.15) is 5.78 Å². The van der Waals surface area contributed by atoms with Crippen LogP contribution in [-0.4, -0.2) is 5.78 Å². The smallest absolute Gasteiger partial charge is 0.133 e. The van der Waals surface area contributed by atoms with Crippen LogP contribution in [0.25, 0.3) is 0 Å². The lowest BCUT2D eigenvalue weighted by molar-refractivity contribution is -0.127. The van der Waals surface area contributed by atoms with Crippen LogP contribution in [0.3, 0.4) is 0 Å². The molecule has 0 heterocycles. The predicted octanol–water partition coefficient (Wildman–Crippen LogP) is 7.62. The van der Waals surface area contributed by atoms with Crippen molar-refractivity contribution in [2.75, 3.05) is 0 Å². The molecule has 0 aliphatic heterocycles. The summed E-state index contributed by atoms with van der Waals surface area (Å²) in [5.74, 6) is 5.57. The van der Waals surface area contributed by atoms with Crippen molar-refractivity contribution in [1.82, 2.24) is 0 Å². The third-order valence-electron chi connectivity index (χ3n) is 10.4. The van der Waals surface area contributed by atoms with E-state index in [0.29, 0.717) is 34.4 Å². The number of ketones is 1. The Balaban J connectivity index is 1.55. The number of rotatable bonds is 4. The highest BCUT2D eigenvalue weighted by molar-refractivity contribution is 5.79. The fraction of sp³-hybridized carbons (Fsp3) is 0.821. The van der Waals surface area contributed by atoms with E-state index in [0.717, 1.165) is 49.4 Å². The molecule has 0 aromatic carbocycles. The highest BCUT2D eigenvalue weighted by Crippen LogP contribution is 2.66. The van der Waals surface area contributed by atoms with E-state index in [9.17, 15) is 4.79 Å². The van der Waals surface area contributed by atoms with E-state index in [1.54, 1.807) is 0 Å². The summed E-state index contributed by atoms with van der Waals surface area (Å²) in [4.78, 5) is 12.1. The number of carbonyl (C=O) groups excluding carboxylic acids is 1. The van der Waals surface area contributed by atoms with Crippen LogP contribution in [0, 0.1) is 52.3 Å². The number of allylic oxidation sites excluding steroid dienone is 4. The first-order valence-corrected chi connectivity index (χ1v) is 12.6. The molecule has 0 radical (unpaired) electrons. The van der Waals surface area contributed by atoms with Gasteiger partial charge in [-0.25, -0.2) is 0 Å². The zero-order valence-corrected chi connectivity index (χ0v) is 19.8. The summed E-state index contributed by atoms with van der Waals surface area (Å²) >= 11 is 0. The SMILES string of the molecule is CC(C)[C@@H](C)C=C[C@@H](C)[C@H]1CC[C@H]2C3=CCC4CC(=O)CC[C@]4(C)[C@H]3CC[C@]12C. The van der Waals surface area contributed by atoms with Gasteiger partial charge in [-0.05, 0) is 90.8 Å². The molecule has 0 N–H and O–H groups in total. The van der Waals surface area contributed by atoms with Crippen molar-refractivity contribution in [3.8, 4) is 0 Å². The summed E-state index contributed by atoms with van der Waals surface area (Å²) in [5, 5.41) is 0. The van der Waals surface area contributed by atoms with Gasteiger partial charge in [0.15, 0.2) is 0 Å². The maximum absolute atomic E-state index is 12.1. The van der Waals surface area contributed by atoms with Crippen molar-refractivity contribution < 1.29 is 4.79 Å². The molecule has 4 rings (SSSR count). The van der Waals surface area contributed by atoms with Crippen LogP contribution in [0.2, 0.25) is 0 Å². The van der Waals surface area contributed by atoms with Gasteiger partial charge in [0.25, 0.3) is 0 Å². The minimum absolute atomic E-state index is 0.385. The second-order valence-electron chi connectivity index (χ2n) is 12.1. The molecule has 4 aliphatic rings. The van der Waals surface area contributed by atoms with Crippen molar-refractivity contribution >= 4 is 5.78 Å². The van der Waals surface area contributed by atoms with E-state index in [2.05, 4.69) is 59.8 Å². The van der Waals surface area contributed by atoms with Gasteiger partial charge in [-0.3, -0.25) is 4.79 Å². The van der Waals surface area contributed by atoms with E-state index < -0.39 is 0 Å². The first-order valence-electron chi connectivity index (χ1n) is 12.6. The Kier molecular flexibility index (Phi) is 5.67. The molecule has 3 saturated carbocycles. The van der Waals surface area contributed by atoms with Gasteiger partial charge in [0.05, 0.1) is 0 Å². The number of hydrogen-bond acceptors (Lipinski definition) is 1. The van der Waals surface area contributed by atoms with E-state index in [4.69, 9.17) is 0 Å². The molecule has 1 nitrogen and oxygen atoms in total. The van der Waals surface area contributed by atoms with Gasteiger partial charge in [-0.2, -0.15) is 0 Å². The van der Waals surface area contributed by atoms with Gasteiger partial charge in [-0.15, -0.1) is 0 Å². The van der Waals surface area contributed by atoms with Gasteiger partial charge < -0.3 is 0 Å². The van der Waals surface area contributed by atoms with E-state index >= 15 is 0 Å². The monoisotopic (exact) mass is 396 g/mol. The first-order chi connectivity index (χ1) is 13.7. The zero-order valence-electron chi connectivity index (χ0n) is 19.8. The predicted molar refractivity (Wildman–Crippen MR) is 123 cm³/mol. The summed E-state index contributed by atoms with van der Waals surface area (Å²) in [5.41, 5.74) is 2.68. The lowest BCUT2D eigenvalue weighted by Crippen LogP contribution is -2.49. The molecular weight excluding hydrogens is 352 g/mol. The number of fused-ring (bicyclic) bond motifs is 5. The second-order valence-corrected chi connectivity index (χ2v) is 12.1. The molecule has 0 saturated heterocycles. The maximum atomic E-state index is 12.1. The van der Waals surface area contributed by atoms with E-state index in [1.807, 2.05) is 5.57 Å². The Hall–Kier alpha value is -0.850. The van der Waals surface area contributed by atoms with Gasteiger partial charge in [0.2, 0.25) is 0 Å². The number of Topliss-reactive ketones (excluding diaryl/α,β-unsaturated/α-hetero) is 1. The van der Waals surface area contributed by atoms with Gasteiger partial charge in [-0.1, -0.05) is 65.3 Å². The third kappa shape index (κ3) is 3.49. The zero-order chi connectivity index (χ0) is 21.0. The van der Waals surface area contributed by atoms with Crippen molar-refractivity contribution in [3.05, 3.63) is 23.8 Å². The quantitative estimate of drug-likeness (QED) is 0.447. The lowest BCUT2D eigenvalue weighted by Gasteiger charge is -2.57. The number of hydrogen-bond donors (Lipinski definition) is 0. The molecule has 162 valence electrons. The molecular formula is C28H44O. The molecule has 29 heavy (non-hydrogen) atoms. The van der Waals surface area contributed by atoms with Crippen molar-refractivity contribution in [2.24, 2.45) is 52.3 Å². The molecule has 0 aromatic heterocycles. The Morgan fingerprint density at radius 1 is 0.966 bits per heavy atom. The average Bonchev–Trinajstić information content (AvgIpc) is 3.03.